The van der Waals surface area contributed by atoms with Gasteiger partial charge in [0.2, 0.25) is 0 Å². The lowest BCUT2D eigenvalue weighted by Crippen LogP contribution is -1.94. The summed E-state index contributed by atoms with van der Waals surface area (Å²) in [6, 6.07) is 8.08. The van der Waals surface area contributed by atoms with Gasteiger partial charge in [0.1, 0.15) is 17.4 Å². The van der Waals surface area contributed by atoms with Crippen molar-refractivity contribution >= 4 is 5.69 Å². The minimum absolute atomic E-state index is 0.244. The van der Waals surface area contributed by atoms with Crippen LogP contribution in [0.25, 0.3) is 11.1 Å². The molecule has 0 bridgehead atoms. The Kier molecular flexibility index (Phi) is 2.95. The number of ether oxygens (including phenoxy) is 1. The van der Waals surface area contributed by atoms with E-state index in [2.05, 4.69) is 0 Å². The first-order chi connectivity index (χ1) is 8.11. The highest BCUT2D eigenvalue weighted by Crippen LogP contribution is 2.34. The molecule has 0 aromatic heterocycles. The number of hydrogen-bond acceptors (Lipinski definition) is 2. The molecule has 4 heteroatoms. The first-order valence-corrected chi connectivity index (χ1v) is 5.01. The van der Waals surface area contributed by atoms with E-state index in [-0.39, 0.29) is 5.69 Å². The average molecular weight is 235 g/mol. The van der Waals surface area contributed by atoms with Crippen LogP contribution in [0.1, 0.15) is 0 Å². The molecule has 17 heavy (non-hydrogen) atoms. The Morgan fingerprint density at radius 1 is 0.941 bits per heavy atom. The third-order valence-corrected chi connectivity index (χ3v) is 2.47. The fourth-order valence-electron chi connectivity index (χ4n) is 1.67. The van der Waals surface area contributed by atoms with Crippen LogP contribution in [0.15, 0.2) is 36.4 Å². The van der Waals surface area contributed by atoms with E-state index in [1.807, 2.05) is 0 Å². The second kappa shape index (κ2) is 4.41. The summed E-state index contributed by atoms with van der Waals surface area (Å²) in [5, 5.41) is 0. The third kappa shape index (κ3) is 2.20. The number of methoxy groups -OCH3 is 1. The minimum Gasteiger partial charge on any atom is -0.496 e. The monoisotopic (exact) mass is 235 g/mol. The van der Waals surface area contributed by atoms with Gasteiger partial charge in [0.15, 0.2) is 0 Å². The molecule has 0 unspecified atom stereocenters. The van der Waals surface area contributed by atoms with Crippen molar-refractivity contribution in [3.8, 4) is 16.9 Å². The van der Waals surface area contributed by atoms with Crippen molar-refractivity contribution < 1.29 is 13.5 Å². The van der Waals surface area contributed by atoms with Crippen LogP contribution in [0.2, 0.25) is 0 Å². The zero-order valence-electron chi connectivity index (χ0n) is 9.21. The molecule has 0 fully saturated rings. The predicted octanol–water partition coefficient (Wildman–Crippen LogP) is 3.22. The van der Waals surface area contributed by atoms with E-state index in [0.717, 1.165) is 0 Å². The molecule has 0 spiro atoms. The van der Waals surface area contributed by atoms with E-state index in [9.17, 15) is 8.78 Å². The normalized spacial score (nSPS) is 10.3. The fourth-order valence-corrected chi connectivity index (χ4v) is 1.67. The van der Waals surface area contributed by atoms with Crippen molar-refractivity contribution in [1.29, 1.82) is 0 Å². The Labute approximate surface area is 97.6 Å². The molecule has 2 N–H and O–H groups in total. The zero-order valence-corrected chi connectivity index (χ0v) is 9.21. The molecule has 0 saturated heterocycles. The maximum atomic E-state index is 13.2. The summed E-state index contributed by atoms with van der Waals surface area (Å²) >= 11 is 0. The van der Waals surface area contributed by atoms with Crippen molar-refractivity contribution in [3.05, 3.63) is 48.0 Å². The number of halogens is 2. The highest BCUT2D eigenvalue weighted by atomic mass is 19.1. The molecule has 0 saturated carbocycles. The van der Waals surface area contributed by atoms with Crippen LogP contribution in [0.3, 0.4) is 0 Å². The van der Waals surface area contributed by atoms with Gasteiger partial charge in [-0.2, -0.15) is 0 Å². The van der Waals surface area contributed by atoms with Gasteiger partial charge in [-0.3, -0.25) is 0 Å². The number of rotatable bonds is 2. The summed E-state index contributed by atoms with van der Waals surface area (Å²) in [4.78, 5) is 0. The van der Waals surface area contributed by atoms with Crippen molar-refractivity contribution in [3.63, 3.8) is 0 Å². The van der Waals surface area contributed by atoms with Gasteiger partial charge in [0.05, 0.1) is 7.11 Å². The SMILES string of the molecule is COc1ccc(F)cc1-c1ccc(F)cc1N. The van der Waals surface area contributed by atoms with Crippen LogP contribution in [0.5, 0.6) is 5.75 Å². The van der Waals surface area contributed by atoms with Gasteiger partial charge < -0.3 is 10.5 Å². The van der Waals surface area contributed by atoms with Gasteiger partial charge in [0, 0.05) is 16.8 Å². The van der Waals surface area contributed by atoms with E-state index in [1.54, 1.807) is 0 Å². The molecule has 2 aromatic rings. The standard InChI is InChI=1S/C13H11F2NO/c1-17-13-5-3-8(14)6-11(13)10-4-2-9(15)7-12(10)16/h2-7H,16H2,1H3. The van der Waals surface area contributed by atoms with E-state index in [0.29, 0.717) is 16.9 Å². The summed E-state index contributed by atoms with van der Waals surface area (Å²) in [5.74, 6) is -0.337. The molecule has 0 radical (unpaired) electrons. The van der Waals surface area contributed by atoms with Crippen LogP contribution < -0.4 is 10.5 Å². The second-order valence-electron chi connectivity index (χ2n) is 3.58. The number of nitrogen functional groups attached to an aromatic ring is 1. The van der Waals surface area contributed by atoms with Gasteiger partial charge in [-0.1, -0.05) is 0 Å². The van der Waals surface area contributed by atoms with Gasteiger partial charge in [-0.25, -0.2) is 8.78 Å². The molecule has 0 atom stereocenters. The smallest absolute Gasteiger partial charge is 0.126 e. The maximum Gasteiger partial charge on any atom is 0.126 e. The van der Waals surface area contributed by atoms with Crippen LogP contribution in [0, 0.1) is 11.6 Å². The Balaban J connectivity index is 2.62. The Morgan fingerprint density at radius 3 is 2.24 bits per heavy atom. The molecule has 0 amide bonds. The Morgan fingerprint density at radius 2 is 1.59 bits per heavy atom. The topological polar surface area (TPSA) is 35.2 Å². The van der Waals surface area contributed by atoms with Crippen molar-refractivity contribution in [2.45, 2.75) is 0 Å². The Bertz CT molecular complexity index is 555. The average Bonchev–Trinajstić information content (AvgIpc) is 2.29. The largest absolute Gasteiger partial charge is 0.496 e. The van der Waals surface area contributed by atoms with Gasteiger partial charge >= 0.3 is 0 Å². The summed E-state index contributed by atoms with van der Waals surface area (Å²) in [5.41, 5.74) is 7.00. The molecule has 88 valence electrons. The van der Waals surface area contributed by atoms with Crippen LogP contribution in [-0.4, -0.2) is 7.11 Å². The van der Waals surface area contributed by atoms with Crippen LogP contribution in [-0.2, 0) is 0 Å². The van der Waals surface area contributed by atoms with Crippen molar-refractivity contribution in [2.24, 2.45) is 0 Å². The lowest BCUT2D eigenvalue weighted by molar-refractivity contribution is 0.415. The molecule has 0 aliphatic carbocycles. The molecular formula is C13H11F2NO. The summed E-state index contributed by atoms with van der Waals surface area (Å²) in [6.45, 7) is 0. The fraction of sp³-hybridized carbons (Fsp3) is 0.0769. The number of hydrogen-bond donors (Lipinski definition) is 1. The van der Waals surface area contributed by atoms with Crippen molar-refractivity contribution in [1.82, 2.24) is 0 Å². The lowest BCUT2D eigenvalue weighted by Gasteiger charge is -2.11. The molecule has 2 rings (SSSR count). The van der Waals surface area contributed by atoms with E-state index in [1.165, 1.54) is 43.5 Å². The van der Waals surface area contributed by atoms with Gasteiger partial charge in [-0.05, 0) is 36.4 Å². The second-order valence-corrected chi connectivity index (χ2v) is 3.58. The molecule has 0 heterocycles. The number of nitrogens with two attached hydrogens (primary N) is 1. The van der Waals surface area contributed by atoms with Gasteiger partial charge in [-0.15, -0.1) is 0 Å². The highest BCUT2D eigenvalue weighted by molar-refractivity contribution is 5.80. The third-order valence-electron chi connectivity index (χ3n) is 2.47. The van der Waals surface area contributed by atoms with Crippen molar-refractivity contribution in [2.75, 3.05) is 12.8 Å². The molecule has 0 aliphatic rings. The number of anilines is 1. The first kappa shape index (κ1) is 11.4. The first-order valence-electron chi connectivity index (χ1n) is 5.01. The van der Waals surface area contributed by atoms with Crippen LogP contribution in [0.4, 0.5) is 14.5 Å². The Hall–Kier alpha value is -2.10. The van der Waals surface area contributed by atoms with Gasteiger partial charge in [0.25, 0.3) is 0 Å². The molecule has 0 aliphatic heterocycles. The molecule has 2 aromatic carbocycles. The zero-order chi connectivity index (χ0) is 12.4. The highest BCUT2D eigenvalue weighted by Gasteiger charge is 2.10. The maximum absolute atomic E-state index is 13.2. The summed E-state index contributed by atoms with van der Waals surface area (Å²) in [6.07, 6.45) is 0. The summed E-state index contributed by atoms with van der Waals surface area (Å²) in [7, 11) is 1.48. The van der Waals surface area contributed by atoms with E-state index in [4.69, 9.17) is 10.5 Å². The van der Waals surface area contributed by atoms with Crippen LogP contribution >= 0.6 is 0 Å². The molecule has 2 nitrogen and oxygen atoms in total. The quantitative estimate of drug-likeness (QED) is 0.811. The predicted molar refractivity (Wildman–Crippen MR) is 62.8 cm³/mol. The van der Waals surface area contributed by atoms with E-state index < -0.39 is 11.6 Å². The van der Waals surface area contributed by atoms with E-state index >= 15 is 0 Å². The summed E-state index contributed by atoms with van der Waals surface area (Å²) < 4.78 is 31.3. The number of benzene rings is 2. The molecular weight excluding hydrogens is 224 g/mol. The lowest BCUT2D eigenvalue weighted by atomic mass is 10.0. The minimum atomic E-state index is -0.429.